The molecule has 5 aromatic rings. The second kappa shape index (κ2) is 15.0. The fourth-order valence-electron chi connectivity index (χ4n) is 10.1. The number of carbonyl (C=O) groups is 4. The van der Waals surface area contributed by atoms with Crippen molar-refractivity contribution in [1.29, 1.82) is 0 Å². The number of aromatic hydroxyl groups is 1. The van der Waals surface area contributed by atoms with E-state index in [9.17, 15) is 14.7 Å². The number of imide groups is 1. The number of amides is 2. The lowest BCUT2D eigenvalue weighted by atomic mass is 9.44. The highest BCUT2D eigenvalue weighted by Gasteiger charge is 2.66. The summed E-state index contributed by atoms with van der Waals surface area (Å²) >= 11 is 6.64. The molecule has 1 aliphatic heterocycles. The molecular formula is C50H40ClNO7. The first-order chi connectivity index (χ1) is 28.6. The Balaban J connectivity index is 1.13. The molecule has 4 aliphatic rings. The molecule has 8 nitrogen and oxygen atoms in total. The summed E-state index contributed by atoms with van der Waals surface area (Å²) in [7, 11) is 3.21. The lowest BCUT2D eigenvalue weighted by molar-refractivity contribution is -0.135. The number of Topliss-reactive ketones (excluding diaryl/α,β-unsaturated/α-hetero) is 1. The van der Waals surface area contributed by atoms with E-state index >= 15 is 9.59 Å². The molecule has 1 saturated heterocycles. The zero-order valence-corrected chi connectivity index (χ0v) is 33.1. The fraction of sp³-hybridized carbons (Fsp3) is 0.200. The number of halogens is 1. The summed E-state index contributed by atoms with van der Waals surface area (Å²) in [6.45, 7) is 0. The number of hydrogen-bond donors (Lipinski definition) is 1. The van der Waals surface area contributed by atoms with Gasteiger partial charge in [0.2, 0.25) is 11.8 Å². The Labute approximate surface area is 347 Å². The molecule has 2 fully saturated rings. The average molecular weight is 802 g/mol. The van der Waals surface area contributed by atoms with Crippen LogP contribution in [0.3, 0.4) is 0 Å². The number of fused-ring (bicyclic) bond motifs is 4. The van der Waals surface area contributed by atoms with Crippen molar-refractivity contribution in [3.8, 4) is 17.2 Å². The maximum absolute atomic E-state index is 15.2. The molecule has 294 valence electrons. The lowest BCUT2D eigenvalue weighted by Crippen LogP contribution is -2.58. The molecule has 9 rings (SSSR count). The number of nitrogens with zero attached hydrogens (tertiary/aromatic N) is 1. The quantitative estimate of drug-likeness (QED) is 0.0947. The number of rotatable bonds is 8. The number of allylic oxidation sites excluding steroid dienone is 4. The van der Waals surface area contributed by atoms with E-state index in [1.165, 1.54) is 17.0 Å². The van der Waals surface area contributed by atoms with E-state index in [2.05, 4.69) is 0 Å². The van der Waals surface area contributed by atoms with Crippen molar-refractivity contribution in [1.82, 2.24) is 0 Å². The highest BCUT2D eigenvalue weighted by Crippen LogP contribution is 2.64. The van der Waals surface area contributed by atoms with E-state index < -0.39 is 35.0 Å². The summed E-state index contributed by atoms with van der Waals surface area (Å²) in [5.41, 5.74) is 3.34. The minimum Gasteiger partial charge on any atom is -0.508 e. The van der Waals surface area contributed by atoms with E-state index in [0.717, 1.165) is 16.7 Å². The molecule has 6 atom stereocenters. The molecular weight excluding hydrogens is 762 g/mol. The summed E-state index contributed by atoms with van der Waals surface area (Å²) in [6, 6.07) is 35.9. The van der Waals surface area contributed by atoms with E-state index in [1.54, 1.807) is 38.5 Å². The normalized spacial score (nSPS) is 24.9. The van der Waals surface area contributed by atoms with Crippen molar-refractivity contribution in [2.24, 2.45) is 23.7 Å². The Bertz CT molecular complexity index is 2620. The maximum atomic E-state index is 15.2. The Morgan fingerprint density at radius 2 is 1.51 bits per heavy atom. The van der Waals surface area contributed by atoms with Crippen LogP contribution in [-0.4, -0.2) is 42.7 Å². The highest BCUT2D eigenvalue weighted by molar-refractivity contribution is 6.32. The number of anilines is 1. The molecule has 0 bridgehead atoms. The number of phenolic OH excluding ortho intramolecular Hbond substituents is 1. The fourth-order valence-corrected chi connectivity index (χ4v) is 10.3. The molecule has 0 aromatic heterocycles. The van der Waals surface area contributed by atoms with Crippen molar-refractivity contribution in [3.63, 3.8) is 0 Å². The standard InChI is InChI=1S/C50H40ClNO7/c1-58-35-20-24-43(59-2)31(25-35)16-13-29-14-18-34(19-15-29)52-48(56)37-22-21-36-39(45(37)49(52)57)27-41-47(55)38(30-9-5-3-6-10-30)28-44(54)50(41,32-11-7-4-8-12-32)46(36)40-26-33(51)17-23-42(40)53/h3-21,23-26,28,37,39,41,45-46,53H,22,27H2,1-2H3/t37-,39+,41-,45-,46+,50-/m0/s1. The first-order valence-electron chi connectivity index (χ1n) is 19.6. The molecule has 0 spiro atoms. The van der Waals surface area contributed by atoms with E-state index in [-0.39, 0.29) is 42.0 Å². The van der Waals surface area contributed by atoms with Gasteiger partial charge < -0.3 is 14.6 Å². The number of benzene rings is 5. The average Bonchev–Trinajstić information content (AvgIpc) is 3.53. The molecule has 0 unspecified atom stereocenters. The van der Waals surface area contributed by atoms with Gasteiger partial charge in [0, 0.05) is 33.6 Å². The van der Waals surface area contributed by atoms with Gasteiger partial charge in [-0.1, -0.05) is 108 Å². The van der Waals surface area contributed by atoms with Gasteiger partial charge in [-0.2, -0.15) is 0 Å². The lowest BCUT2D eigenvalue weighted by Gasteiger charge is -2.55. The Morgan fingerprint density at radius 1 is 0.780 bits per heavy atom. The van der Waals surface area contributed by atoms with Gasteiger partial charge in [-0.05, 0) is 90.1 Å². The molecule has 1 saturated carbocycles. The smallest absolute Gasteiger partial charge is 0.238 e. The van der Waals surface area contributed by atoms with Crippen LogP contribution in [0.4, 0.5) is 5.69 Å². The third kappa shape index (κ3) is 6.13. The third-order valence-corrected chi connectivity index (χ3v) is 13.0. The maximum Gasteiger partial charge on any atom is 0.238 e. The summed E-state index contributed by atoms with van der Waals surface area (Å²) in [5.74, 6) is -3.73. The molecule has 3 aliphatic carbocycles. The SMILES string of the molecule is COc1ccc(OC)c(C=Cc2ccc(N3C(=O)[C@H]4[C@H](CC=C5[C@H]4C[C@H]4C(=O)C(c6ccccc6)=CC(=O)[C@@]4(c4ccccc4)[C@H]5c4cc(Cl)ccc4O)C3=O)cc2)c1. The molecule has 2 amide bonds. The van der Waals surface area contributed by atoms with Crippen molar-refractivity contribution < 1.29 is 33.8 Å². The van der Waals surface area contributed by atoms with Crippen LogP contribution in [0.5, 0.6) is 17.2 Å². The summed E-state index contributed by atoms with van der Waals surface area (Å²) in [4.78, 5) is 60.9. The van der Waals surface area contributed by atoms with Crippen molar-refractivity contribution in [2.45, 2.75) is 24.2 Å². The molecule has 1 heterocycles. The van der Waals surface area contributed by atoms with Gasteiger partial charge in [0.15, 0.2) is 11.6 Å². The minimum absolute atomic E-state index is 0.0790. The van der Waals surface area contributed by atoms with Crippen LogP contribution in [0, 0.1) is 23.7 Å². The van der Waals surface area contributed by atoms with Crippen LogP contribution in [0.2, 0.25) is 5.02 Å². The first-order valence-corrected chi connectivity index (χ1v) is 20.0. The van der Waals surface area contributed by atoms with Crippen molar-refractivity contribution >= 4 is 58.4 Å². The topological polar surface area (TPSA) is 110 Å². The summed E-state index contributed by atoms with van der Waals surface area (Å²) < 4.78 is 10.9. The van der Waals surface area contributed by atoms with E-state index in [1.807, 2.05) is 109 Å². The minimum atomic E-state index is -1.47. The number of phenols is 1. The molecule has 9 heteroatoms. The number of ether oxygens (including phenoxy) is 2. The van der Waals surface area contributed by atoms with Gasteiger partial charge in [0.25, 0.3) is 0 Å². The molecule has 5 aromatic carbocycles. The van der Waals surface area contributed by atoms with Gasteiger partial charge >= 0.3 is 0 Å². The Hall–Kier alpha value is -6.51. The summed E-state index contributed by atoms with van der Waals surface area (Å²) in [6.07, 6.45) is 7.66. The van der Waals surface area contributed by atoms with Crippen LogP contribution in [0.15, 0.2) is 139 Å². The number of hydrogen-bond acceptors (Lipinski definition) is 7. The third-order valence-electron chi connectivity index (χ3n) is 12.7. The zero-order chi connectivity index (χ0) is 41.0. The number of methoxy groups -OCH3 is 2. The van der Waals surface area contributed by atoms with Gasteiger partial charge in [-0.25, -0.2) is 0 Å². The Morgan fingerprint density at radius 3 is 2.22 bits per heavy atom. The van der Waals surface area contributed by atoms with Gasteiger partial charge in [-0.3, -0.25) is 24.1 Å². The van der Waals surface area contributed by atoms with Gasteiger partial charge in [0.1, 0.15) is 17.2 Å². The van der Waals surface area contributed by atoms with E-state index in [0.29, 0.717) is 44.5 Å². The molecule has 0 radical (unpaired) electrons. The Kier molecular flexibility index (Phi) is 9.68. The second-order valence-electron chi connectivity index (χ2n) is 15.5. The predicted molar refractivity (Wildman–Crippen MR) is 227 cm³/mol. The highest BCUT2D eigenvalue weighted by atomic mass is 35.5. The van der Waals surface area contributed by atoms with Crippen LogP contribution in [0.1, 0.15) is 46.6 Å². The first kappa shape index (κ1) is 38.0. The summed E-state index contributed by atoms with van der Waals surface area (Å²) in [5, 5.41) is 12.0. The molecule has 1 N–H and O–H groups in total. The van der Waals surface area contributed by atoms with Crippen LogP contribution in [0.25, 0.3) is 17.7 Å². The van der Waals surface area contributed by atoms with Gasteiger partial charge in [0.05, 0.1) is 37.2 Å². The zero-order valence-electron chi connectivity index (χ0n) is 32.4. The predicted octanol–water partition coefficient (Wildman–Crippen LogP) is 9.26. The van der Waals surface area contributed by atoms with E-state index in [4.69, 9.17) is 21.1 Å². The second-order valence-corrected chi connectivity index (χ2v) is 16.0. The van der Waals surface area contributed by atoms with Crippen molar-refractivity contribution in [3.05, 3.63) is 172 Å². The van der Waals surface area contributed by atoms with Crippen molar-refractivity contribution in [2.75, 3.05) is 19.1 Å². The molecule has 59 heavy (non-hydrogen) atoms. The van der Waals surface area contributed by atoms with Gasteiger partial charge in [-0.15, -0.1) is 0 Å². The van der Waals surface area contributed by atoms with Crippen LogP contribution >= 0.6 is 11.6 Å². The van der Waals surface area contributed by atoms with Crippen LogP contribution < -0.4 is 14.4 Å². The van der Waals surface area contributed by atoms with Crippen LogP contribution in [-0.2, 0) is 24.6 Å². The largest absolute Gasteiger partial charge is 0.508 e. The number of carbonyl (C=O) groups excluding carboxylic acids is 4. The monoisotopic (exact) mass is 801 g/mol. The number of ketones is 2.